The summed E-state index contributed by atoms with van der Waals surface area (Å²) in [6.07, 6.45) is 5.55. The Morgan fingerprint density at radius 2 is 1.82 bits per heavy atom. The lowest BCUT2D eigenvalue weighted by molar-refractivity contribution is 0.0874. The van der Waals surface area contributed by atoms with E-state index in [1.54, 1.807) is 6.08 Å². The largest absolute Gasteiger partial charge is 0.497 e. The number of alkyl halides is 1. The van der Waals surface area contributed by atoms with Crippen LogP contribution in [0.4, 0.5) is 10.1 Å². The average molecular weight is 536 g/mol. The quantitative estimate of drug-likeness (QED) is 0.313. The Morgan fingerprint density at radius 1 is 1.05 bits per heavy atom. The Kier molecular flexibility index (Phi) is 8.20. The molecule has 1 unspecified atom stereocenters. The first kappa shape index (κ1) is 26.5. The van der Waals surface area contributed by atoms with E-state index in [9.17, 15) is 0 Å². The third-order valence-corrected chi connectivity index (χ3v) is 7.42. The van der Waals surface area contributed by atoms with Crippen LogP contribution < -0.4 is 5.32 Å². The lowest BCUT2D eigenvalue weighted by Crippen LogP contribution is -2.46. The molecule has 0 saturated carbocycles. The van der Waals surface area contributed by atoms with Gasteiger partial charge in [0.25, 0.3) is 0 Å². The molecular weight excluding hydrogens is 501 g/mol. The molecule has 200 valence electrons. The van der Waals surface area contributed by atoms with Crippen LogP contribution in [0.3, 0.4) is 0 Å². The summed E-state index contributed by atoms with van der Waals surface area (Å²) in [5, 5.41) is 5.42. The van der Waals surface area contributed by atoms with E-state index in [-0.39, 0.29) is 6.42 Å². The summed E-state index contributed by atoms with van der Waals surface area (Å²) in [5.74, 6) is 1.23. The molecule has 0 spiro atoms. The van der Waals surface area contributed by atoms with Crippen molar-refractivity contribution in [1.29, 1.82) is 0 Å². The van der Waals surface area contributed by atoms with Crippen molar-refractivity contribution >= 4 is 33.8 Å². The van der Waals surface area contributed by atoms with E-state index < -0.39 is 5.67 Å². The minimum atomic E-state index is -1.56. The summed E-state index contributed by atoms with van der Waals surface area (Å²) in [4.78, 5) is 6.66. The van der Waals surface area contributed by atoms with Gasteiger partial charge in [0.2, 0.25) is 0 Å². The van der Waals surface area contributed by atoms with Crippen molar-refractivity contribution < 1.29 is 13.9 Å². The molecule has 1 saturated heterocycles. The number of nitrogens with zero attached hydrogens (tertiary/aromatic N) is 2. The van der Waals surface area contributed by atoms with Gasteiger partial charge in [0.1, 0.15) is 11.5 Å². The first-order valence-corrected chi connectivity index (χ1v) is 13.9. The van der Waals surface area contributed by atoms with Gasteiger partial charge < -0.3 is 14.8 Å². The van der Waals surface area contributed by atoms with Crippen molar-refractivity contribution in [3.05, 3.63) is 89.0 Å². The average Bonchev–Trinajstić information content (AvgIpc) is 2.90. The molecule has 1 aliphatic carbocycles. The van der Waals surface area contributed by atoms with Gasteiger partial charge in [-0.15, -0.1) is 0 Å². The maximum absolute atomic E-state index is 16.5. The van der Waals surface area contributed by atoms with Crippen LogP contribution in [0.5, 0.6) is 0 Å². The highest BCUT2D eigenvalue weighted by Crippen LogP contribution is 2.41. The summed E-state index contributed by atoms with van der Waals surface area (Å²) in [7, 11) is 0. The standard InChI is InChI=1S/C31H35ClFN3O2/c1-3-37-28-19-31(33,20-29(38-4-2)30(28)22-8-6-5-7-9-22)21-36-16-13-24(14-17-36)35-26-12-15-34-27-18-23(32)10-11-25(26)27/h5-12,15,18-19,24H,3-4,13-14,16-17,20-21H2,1-2H3,(H,34,35). The monoisotopic (exact) mass is 535 g/mol. The molecule has 1 aliphatic heterocycles. The molecule has 0 bridgehead atoms. The maximum atomic E-state index is 16.5. The van der Waals surface area contributed by atoms with Crippen molar-refractivity contribution in [2.75, 3.05) is 38.2 Å². The van der Waals surface area contributed by atoms with E-state index in [2.05, 4.69) is 15.2 Å². The second-order valence-corrected chi connectivity index (χ2v) is 10.4. The minimum absolute atomic E-state index is 0.200. The number of fused-ring (bicyclic) bond motifs is 1. The fourth-order valence-corrected chi connectivity index (χ4v) is 5.67. The number of likely N-dealkylation sites (tertiary alicyclic amines) is 1. The zero-order valence-electron chi connectivity index (χ0n) is 22.1. The number of nitrogens with one attached hydrogen (secondary N) is 1. The van der Waals surface area contributed by atoms with Crippen molar-refractivity contribution in [2.45, 2.75) is 44.8 Å². The number of benzene rings is 2. The minimum Gasteiger partial charge on any atom is -0.497 e. The first-order valence-electron chi connectivity index (χ1n) is 13.5. The number of hydrogen-bond acceptors (Lipinski definition) is 5. The van der Waals surface area contributed by atoms with Gasteiger partial charge >= 0.3 is 0 Å². The Labute approximate surface area is 229 Å². The molecule has 1 fully saturated rings. The molecule has 38 heavy (non-hydrogen) atoms. The molecule has 5 rings (SSSR count). The molecule has 1 atom stereocenters. The molecular formula is C31H35ClFN3O2. The number of ether oxygens (including phenoxy) is 2. The van der Waals surface area contributed by atoms with Gasteiger partial charge in [-0.3, -0.25) is 9.88 Å². The molecule has 0 radical (unpaired) electrons. The molecule has 2 heterocycles. The Hall–Kier alpha value is -3.09. The third kappa shape index (κ3) is 5.97. The number of allylic oxidation sites excluding steroid dienone is 2. The molecule has 3 aromatic rings. The Balaban J connectivity index is 1.27. The van der Waals surface area contributed by atoms with E-state index >= 15 is 4.39 Å². The SMILES string of the molecule is CCOC1=CC(F)(CN2CCC(Nc3ccnc4cc(Cl)ccc34)CC2)CC(OCC)=C1c1ccccc1. The number of pyridine rings is 1. The summed E-state index contributed by atoms with van der Waals surface area (Å²) >= 11 is 6.14. The summed E-state index contributed by atoms with van der Waals surface area (Å²) in [6, 6.07) is 18.1. The molecule has 1 N–H and O–H groups in total. The summed E-state index contributed by atoms with van der Waals surface area (Å²) < 4.78 is 28.5. The normalized spacial score (nSPS) is 20.9. The van der Waals surface area contributed by atoms with Crippen LogP contribution in [0.2, 0.25) is 5.02 Å². The van der Waals surface area contributed by atoms with Gasteiger partial charge in [0.05, 0.1) is 24.3 Å². The Morgan fingerprint density at radius 3 is 2.55 bits per heavy atom. The highest BCUT2D eigenvalue weighted by atomic mass is 35.5. The zero-order valence-corrected chi connectivity index (χ0v) is 22.8. The van der Waals surface area contributed by atoms with Crippen LogP contribution in [-0.4, -0.2) is 54.4 Å². The fraction of sp³-hybridized carbons (Fsp3) is 0.387. The smallest absolute Gasteiger partial charge is 0.152 e. The van der Waals surface area contributed by atoms with Crippen LogP contribution in [0.15, 0.2) is 78.4 Å². The van der Waals surface area contributed by atoms with Crippen LogP contribution in [-0.2, 0) is 9.47 Å². The highest BCUT2D eigenvalue weighted by molar-refractivity contribution is 6.31. The third-order valence-electron chi connectivity index (χ3n) is 7.19. The number of piperidine rings is 1. The van der Waals surface area contributed by atoms with Crippen molar-refractivity contribution in [3.8, 4) is 0 Å². The predicted octanol–water partition coefficient (Wildman–Crippen LogP) is 7.24. The molecule has 5 nitrogen and oxygen atoms in total. The number of halogens is 2. The van der Waals surface area contributed by atoms with Gasteiger partial charge in [-0.2, -0.15) is 0 Å². The van der Waals surface area contributed by atoms with E-state index in [1.165, 1.54) is 0 Å². The van der Waals surface area contributed by atoms with Crippen LogP contribution in [0.25, 0.3) is 16.5 Å². The highest BCUT2D eigenvalue weighted by Gasteiger charge is 2.39. The van der Waals surface area contributed by atoms with Crippen molar-refractivity contribution in [1.82, 2.24) is 9.88 Å². The number of hydrogen-bond donors (Lipinski definition) is 1. The lowest BCUT2D eigenvalue weighted by atomic mass is 9.86. The summed E-state index contributed by atoms with van der Waals surface area (Å²) in [6.45, 7) is 6.75. The van der Waals surface area contributed by atoms with Gasteiger partial charge in [-0.25, -0.2) is 4.39 Å². The molecule has 2 aliphatic rings. The molecule has 7 heteroatoms. The van der Waals surface area contributed by atoms with Gasteiger partial charge in [-0.1, -0.05) is 41.9 Å². The van der Waals surface area contributed by atoms with E-state index in [0.29, 0.717) is 42.3 Å². The van der Waals surface area contributed by atoms with Gasteiger partial charge in [-0.05, 0) is 62.6 Å². The zero-order chi connectivity index (χ0) is 26.5. The van der Waals surface area contributed by atoms with Crippen molar-refractivity contribution in [3.63, 3.8) is 0 Å². The van der Waals surface area contributed by atoms with E-state index in [1.807, 2.05) is 74.6 Å². The van der Waals surface area contributed by atoms with E-state index in [4.69, 9.17) is 21.1 Å². The number of anilines is 1. The first-order chi connectivity index (χ1) is 18.5. The van der Waals surface area contributed by atoms with Crippen molar-refractivity contribution in [2.24, 2.45) is 0 Å². The second-order valence-electron chi connectivity index (χ2n) is 9.96. The molecule has 0 amide bonds. The second kappa shape index (κ2) is 11.7. The van der Waals surface area contributed by atoms with Gasteiger partial charge in [0.15, 0.2) is 5.67 Å². The summed E-state index contributed by atoms with van der Waals surface area (Å²) in [5.41, 5.74) is 2.21. The van der Waals surface area contributed by atoms with Crippen LogP contribution in [0.1, 0.15) is 38.7 Å². The lowest BCUT2D eigenvalue weighted by Gasteiger charge is -2.38. The number of rotatable bonds is 9. The van der Waals surface area contributed by atoms with Crippen LogP contribution in [0, 0.1) is 0 Å². The van der Waals surface area contributed by atoms with Crippen LogP contribution >= 0.6 is 11.6 Å². The molecule has 2 aromatic carbocycles. The predicted molar refractivity (Wildman–Crippen MR) is 153 cm³/mol. The topological polar surface area (TPSA) is 46.6 Å². The van der Waals surface area contributed by atoms with E-state index in [0.717, 1.165) is 53.7 Å². The molecule has 1 aromatic heterocycles. The maximum Gasteiger partial charge on any atom is 0.152 e. The fourth-order valence-electron chi connectivity index (χ4n) is 5.50. The number of aromatic nitrogens is 1. The Bertz CT molecular complexity index is 1320. The van der Waals surface area contributed by atoms with Gasteiger partial charge in [0, 0.05) is 54.4 Å².